The van der Waals surface area contributed by atoms with Crippen molar-refractivity contribution in [1.29, 1.82) is 0 Å². The average molecular weight is 328 g/mol. The maximum atomic E-state index is 12.8. The maximum Gasteiger partial charge on any atom is 0.307 e. The molecule has 0 aliphatic carbocycles. The molecule has 0 aromatic heterocycles. The lowest BCUT2D eigenvalue weighted by Crippen LogP contribution is -2.22. The third kappa shape index (κ3) is 3.88. The van der Waals surface area contributed by atoms with Crippen molar-refractivity contribution in [3.8, 4) is 0 Å². The zero-order chi connectivity index (χ0) is 16.2. The first-order chi connectivity index (χ1) is 11.1. The van der Waals surface area contributed by atoms with Crippen LogP contribution in [0.3, 0.4) is 0 Å². The molecule has 2 aromatic carbocycles. The van der Waals surface area contributed by atoms with Crippen molar-refractivity contribution in [2.45, 2.75) is 36.5 Å². The zero-order valence-electron chi connectivity index (χ0n) is 13.1. The van der Waals surface area contributed by atoms with Gasteiger partial charge in [-0.1, -0.05) is 48.0 Å². The van der Waals surface area contributed by atoms with Gasteiger partial charge in [-0.2, -0.15) is 0 Å². The molecule has 3 atom stereocenters. The molecule has 3 nitrogen and oxygen atoms in total. The molecule has 0 N–H and O–H groups in total. The normalized spacial score (nSPS) is 21.9. The largest absolute Gasteiger partial charge is 0.448 e. The van der Waals surface area contributed by atoms with Crippen LogP contribution in [0.1, 0.15) is 24.0 Å². The number of ether oxygens (including phenoxy) is 1. The van der Waals surface area contributed by atoms with Gasteiger partial charge in [0.15, 0.2) is 5.44 Å². The van der Waals surface area contributed by atoms with Crippen molar-refractivity contribution in [3.63, 3.8) is 0 Å². The summed E-state index contributed by atoms with van der Waals surface area (Å²) in [4.78, 5) is 12.4. The van der Waals surface area contributed by atoms with Gasteiger partial charge in [-0.15, -0.1) is 0 Å². The van der Waals surface area contributed by atoms with Crippen molar-refractivity contribution in [2.75, 3.05) is 0 Å². The highest BCUT2D eigenvalue weighted by Crippen LogP contribution is 2.31. The molecule has 0 bridgehead atoms. The molecule has 2 aromatic rings. The molecule has 120 valence electrons. The number of esters is 1. The van der Waals surface area contributed by atoms with Crippen molar-refractivity contribution in [1.82, 2.24) is 0 Å². The molecule has 3 rings (SSSR count). The Morgan fingerprint density at radius 1 is 1.09 bits per heavy atom. The SMILES string of the molecule is Cc1ccc(S(=O)C2OC(=O)CC2CCc2ccccc2)cc1. The Labute approximate surface area is 139 Å². The standard InChI is InChI=1S/C19H20O3S/c1-14-7-11-17(12-8-14)23(21)19-16(13-18(20)22-19)10-9-15-5-3-2-4-6-15/h2-8,11-12,16,19H,9-10,13H2,1H3. The van der Waals surface area contributed by atoms with Gasteiger partial charge in [-0.3, -0.25) is 9.00 Å². The minimum absolute atomic E-state index is 0.00448. The Kier molecular flexibility index (Phi) is 4.91. The molecule has 0 amide bonds. The highest BCUT2D eigenvalue weighted by Gasteiger charge is 2.39. The number of hydrogen-bond donors (Lipinski definition) is 0. The Hall–Kier alpha value is -1.94. The van der Waals surface area contributed by atoms with Crippen molar-refractivity contribution < 1.29 is 13.7 Å². The van der Waals surface area contributed by atoms with Gasteiger partial charge in [0.2, 0.25) is 0 Å². The summed E-state index contributed by atoms with van der Waals surface area (Å²) >= 11 is 0. The lowest BCUT2D eigenvalue weighted by atomic mass is 9.99. The summed E-state index contributed by atoms with van der Waals surface area (Å²) in [5, 5.41) is 0. The molecule has 1 aliphatic rings. The second-order valence-electron chi connectivity index (χ2n) is 5.96. The summed E-state index contributed by atoms with van der Waals surface area (Å²) in [5.74, 6) is -0.238. The van der Waals surface area contributed by atoms with Crippen LogP contribution in [0.25, 0.3) is 0 Å². The number of rotatable bonds is 5. The highest BCUT2D eigenvalue weighted by atomic mass is 32.2. The third-order valence-electron chi connectivity index (χ3n) is 4.17. The molecule has 1 fully saturated rings. The average Bonchev–Trinajstić information content (AvgIpc) is 2.95. The first-order valence-corrected chi connectivity index (χ1v) is 9.05. The molecule has 1 aliphatic heterocycles. The van der Waals surface area contributed by atoms with E-state index in [0.717, 1.165) is 23.3 Å². The Balaban J connectivity index is 1.70. The Morgan fingerprint density at radius 3 is 2.48 bits per heavy atom. The summed E-state index contributed by atoms with van der Waals surface area (Å²) in [5.41, 5.74) is 1.82. The summed E-state index contributed by atoms with van der Waals surface area (Å²) in [6, 6.07) is 17.7. The summed E-state index contributed by atoms with van der Waals surface area (Å²) in [6.45, 7) is 1.99. The lowest BCUT2D eigenvalue weighted by Gasteiger charge is -2.17. The van der Waals surface area contributed by atoms with Crippen LogP contribution >= 0.6 is 0 Å². The second-order valence-corrected chi connectivity index (χ2v) is 7.49. The van der Waals surface area contributed by atoms with E-state index in [4.69, 9.17) is 4.74 Å². The van der Waals surface area contributed by atoms with E-state index in [1.165, 1.54) is 5.56 Å². The molecule has 0 radical (unpaired) electrons. The van der Waals surface area contributed by atoms with E-state index in [1.54, 1.807) is 0 Å². The molecule has 0 spiro atoms. The van der Waals surface area contributed by atoms with E-state index in [-0.39, 0.29) is 11.9 Å². The van der Waals surface area contributed by atoms with Crippen LogP contribution in [0.5, 0.6) is 0 Å². The number of hydrogen-bond acceptors (Lipinski definition) is 3. The Morgan fingerprint density at radius 2 is 1.78 bits per heavy atom. The van der Waals surface area contributed by atoms with Crippen LogP contribution in [0.2, 0.25) is 0 Å². The minimum atomic E-state index is -1.32. The van der Waals surface area contributed by atoms with Crippen LogP contribution < -0.4 is 0 Å². The number of carbonyl (C=O) groups excluding carboxylic acids is 1. The van der Waals surface area contributed by atoms with Crippen LogP contribution in [-0.2, 0) is 26.8 Å². The van der Waals surface area contributed by atoms with Gasteiger partial charge in [-0.05, 0) is 37.5 Å². The fourth-order valence-corrected chi connectivity index (χ4v) is 4.29. The molecule has 1 saturated heterocycles. The fourth-order valence-electron chi connectivity index (χ4n) is 2.84. The van der Waals surface area contributed by atoms with Crippen LogP contribution in [0, 0.1) is 12.8 Å². The number of aryl methyl sites for hydroxylation is 2. The summed E-state index contributed by atoms with van der Waals surface area (Å²) in [7, 11) is -1.32. The van der Waals surface area contributed by atoms with Gasteiger partial charge >= 0.3 is 5.97 Å². The monoisotopic (exact) mass is 328 g/mol. The van der Waals surface area contributed by atoms with Gasteiger partial charge in [0.1, 0.15) is 0 Å². The molecule has 23 heavy (non-hydrogen) atoms. The van der Waals surface area contributed by atoms with Gasteiger partial charge in [0.05, 0.1) is 17.2 Å². The lowest BCUT2D eigenvalue weighted by molar-refractivity contribution is -0.139. The highest BCUT2D eigenvalue weighted by molar-refractivity contribution is 7.85. The van der Waals surface area contributed by atoms with E-state index >= 15 is 0 Å². The van der Waals surface area contributed by atoms with Gasteiger partial charge < -0.3 is 4.74 Å². The van der Waals surface area contributed by atoms with Crippen molar-refractivity contribution in [2.24, 2.45) is 5.92 Å². The molecule has 3 unspecified atom stereocenters. The predicted octanol–water partition coefficient (Wildman–Crippen LogP) is 3.62. The van der Waals surface area contributed by atoms with Crippen LogP contribution in [0.15, 0.2) is 59.5 Å². The molecule has 1 heterocycles. The molecular weight excluding hydrogens is 308 g/mol. The number of cyclic esters (lactones) is 1. The zero-order valence-corrected chi connectivity index (χ0v) is 13.9. The van der Waals surface area contributed by atoms with E-state index in [2.05, 4.69) is 12.1 Å². The van der Waals surface area contributed by atoms with Crippen LogP contribution in [-0.4, -0.2) is 15.6 Å². The quantitative estimate of drug-likeness (QED) is 0.787. The van der Waals surface area contributed by atoms with Crippen molar-refractivity contribution in [3.05, 3.63) is 65.7 Å². The minimum Gasteiger partial charge on any atom is -0.448 e. The van der Waals surface area contributed by atoms with Crippen LogP contribution in [0.4, 0.5) is 0 Å². The van der Waals surface area contributed by atoms with E-state index in [0.29, 0.717) is 6.42 Å². The second kappa shape index (κ2) is 7.09. The summed E-state index contributed by atoms with van der Waals surface area (Å²) < 4.78 is 18.1. The summed E-state index contributed by atoms with van der Waals surface area (Å²) in [6.07, 6.45) is 2.02. The van der Waals surface area contributed by atoms with Gasteiger partial charge in [0.25, 0.3) is 0 Å². The molecule has 0 saturated carbocycles. The first-order valence-electron chi connectivity index (χ1n) is 7.84. The first kappa shape index (κ1) is 15.9. The number of benzene rings is 2. The Bertz CT molecular complexity index is 694. The smallest absolute Gasteiger partial charge is 0.307 e. The predicted molar refractivity (Wildman–Crippen MR) is 90.3 cm³/mol. The number of carbonyl (C=O) groups is 1. The van der Waals surface area contributed by atoms with Gasteiger partial charge in [-0.25, -0.2) is 0 Å². The fraction of sp³-hybridized carbons (Fsp3) is 0.316. The maximum absolute atomic E-state index is 12.8. The van der Waals surface area contributed by atoms with E-state index < -0.39 is 16.2 Å². The van der Waals surface area contributed by atoms with Gasteiger partial charge in [0, 0.05) is 10.8 Å². The van der Waals surface area contributed by atoms with E-state index in [1.807, 2.05) is 49.4 Å². The van der Waals surface area contributed by atoms with Crippen molar-refractivity contribution >= 4 is 16.8 Å². The third-order valence-corrected chi connectivity index (χ3v) is 5.81. The topological polar surface area (TPSA) is 43.4 Å². The molecule has 4 heteroatoms. The molecular formula is C19H20O3S. The van der Waals surface area contributed by atoms with E-state index in [9.17, 15) is 9.00 Å².